The van der Waals surface area contributed by atoms with Gasteiger partial charge in [-0.1, -0.05) is 24.1 Å². The van der Waals surface area contributed by atoms with E-state index in [1.54, 1.807) is 13.2 Å². The second kappa shape index (κ2) is 7.60. The Hall–Kier alpha value is -2.49. The highest BCUT2D eigenvalue weighted by Crippen LogP contribution is 2.34. The van der Waals surface area contributed by atoms with Gasteiger partial charge in [0.25, 0.3) is 11.1 Å². The summed E-state index contributed by atoms with van der Waals surface area (Å²) in [6, 6.07) is 7.86. The number of thioether (sulfide) groups is 1. The molecule has 0 N–H and O–H groups in total. The summed E-state index contributed by atoms with van der Waals surface area (Å²) in [5.41, 5.74) is 1.89. The van der Waals surface area contributed by atoms with Crippen molar-refractivity contribution in [3.8, 4) is 12.3 Å². The molecule has 1 aromatic carbocycles. The maximum atomic E-state index is 12.5. The lowest BCUT2D eigenvalue weighted by atomic mass is 10.1. The molecule has 1 aliphatic rings. The van der Waals surface area contributed by atoms with Gasteiger partial charge in [0, 0.05) is 42.9 Å². The fraction of sp³-hybridized carbons (Fsp3) is 0.263. The highest BCUT2D eigenvalue weighted by molar-refractivity contribution is 8.18. The monoisotopic (exact) mass is 354 g/mol. The van der Waals surface area contributed by atoms with Crippen molar-refractivity contribution in [3.63, 3.8) is 0 Å². The van der Waals surface area contributed by atoms with Gasteiger partial charge in [-0.2, -0.15) is 0 Å². The Morgan fingerprint density at radius 2 is 2.12 bits per heavy atom. The quantitative estimate of drug-likeness (QED) is 0.453. The molecule has 2 amide bonds. The Kier molecular flexibility index (Phi) is 5.27. The molecule has 2 aromatic rings. The zero-order valence-corrected chi connectivity index (χ0v) is 14.7. The lowest BCUT2D eigenvalue weighted by Gasteiger charge is -2.11. The minimum atomic E-state index is -0.250. The number of rotatable bonds is 6. The average molecular weight is 354 g/mol. The van der Waals surface area contributed by atoms with Crippen LogP contribution >= 0.6 is 11.8 Å². The van der Waals surface area contributed by atoms with Crippen molar-refractivity contribution in [1.29, 1.82) is 0 Å². The van der Waals surface area contributed by atoms with Crippen LogP contribution in [-0.2, 0) is 16.1 Å². The number of methoxy groups -OCH3 is 1. The number of aromatic nitrogens is 1. The first-order chi connectivity index (χ1) is 12.2. The van der Waals surface area contributed by atoms with Crippen LogP contribution in [0, 0.1) is 12.3 Å². The van der Waals surface area contributed by atoms with Gasteiger partial charge in [0.2, 0.25) is 0 Å². The largest absolute Gasteiger partial charge is 0.385 e. The second-order valence-electron chi connectivity index (χ2n) is 5.61. The van der Waals surface area contributed by atoms with E-state index in [0.717, 1.165) is 28.2 Å². The van der Waals surface area contributed by atoms with Crippen molar-refractivity contribution < 1.29 is 14.3 Å². The first-order valence-electron chi connectivity index (χ1n) is 7.91. The van der Waals surface area contributed by atoms with Crippen LogP contribution < -0.4 is 0 Å². The van der Waals surface area contributed by atoms with Crippen LogP contribution in [0.5, 0.6) is 0 Å². The highest BCUT2D eigenvalue weighted by Gasteiger charge is 2.34. The summed E-state index contributed by atoms with van der Waals surface area (Å²) in [6.07, 6.45) is 9.76. The molecule has 0 bridgehead atoms. The molecular formula is C19H18N2O3S. The number of hydrogen-bond donors (Lipinski definition) is 0. The van der Waals surface area contributed by atoms with Crippen LogP contribution in [0.1, 0.15) is 12.0 Å². The predicted molar refractivity (Wildman–Crippen MR) is 99.9 cm³/mol. The van der Waals surface area contributed by atoms with Crippen LogP contribution in [0.15, 0.2) is 35.4 Å². The normalized spacial score (nSPS) is 16.2. The predicted octanol–water partition coefficient (Wildman–Crippen LogP) is 3.35. The summed E-state index contributed by atoms with van der Waals surface area (Å²) in [6.45, 7) is 1.34. The number of hydrogen-bond acceptors (Lipinski definition) is 4. The van der Waals surface area contributed by atoms with Gasteiger partial charge >= 0.3 is 0 Å². The molecule has 6 heteroatoms. The van der Waals surface area contributed by atoms with E-state index in [4.69, 9.17) is 11.2 Å². The van der Waals surface area contributed by atoms with Crippen molar-refractivity contribution in [1.82, 2.24) is 9.47 Å². The lowest BCUT2D eigenvalue weighted by Crippen LogP contribution is -2.29. The maximum absolute atomic E-state index is 12.5. The van der Waals surface area contributed by atoms with E-state index < -0.39 is 0 Å². The Morgan fingerprint density at radius 1 is 1.32 bits per heavy atom. The Labute approximate surface area is 150 Å². The SMILES string of the molecule is C#CCn1cc(/C=C2/SC(=O)N(CCCOC)C2=O)c2ccccc21. The number of fused-ring (bicyclic) bond motifs is 1. The number of benzene rings is 1. The molecule has 128 valence electrons. The molecule has 1 fully saturated rings. The summed E-state index contributed by atoms with van der Waals surface area (Å²) >= 11 is 0.974. The number of terminal acetylenes is 1. The molecule has 1 aliphatic heterocycles. The first kappa shape index (κ1) is 17.3. The van der Waals surface area contributed by atoms with E-state index >= 15 is 0 Å². The standard InChI is InChI=1S/C19H18N2O3S/c1-3-9-20-13-14(15-7-4-5-8-16(15)20)12-17-18(22)21(19(23)25-17)10-6-11-24-2/h1,4-5,7-8,12-13H,6,9-11H2,2H3/b17-12+. The fourth-order valence-corrected chi connectivity index (χ4v) is 3.68. The second-order valence-corrected chi connectivity index (χ2v) is 6.61. The van der Waals surface area contributed by atoms with E-state index in [2.05, 4.69) is 5.92 Å². The number of para-hydroxylation sites is 1. The van der Waals surface area contributed by atoms with Crippen molar-refractivity contribution in [2.45, 2.75) is 13.0 Å². The van der Waals surface area contributed by atoms with E-state index in [-0.39, 0.29) is 11.1 Å². The van der Waals surface area contributed by atoms with Crippen molar-refractivity contribution in [2.75, 3.05) is 20.3 Å². The number of carbonyl (C=O) groups is 2. The molecule has 5 nitrogen and oxygen atoms in total. The summed E-state index contributed by atoms with van der Waals surface area (Å²) in [5.74, 6) is 2.38. The van der Waals surface area contributed by atoms with E-state index in [0.29, 0.717) is 31.0 Å². The molecule has 0 atom stereocenters. The van der Waals surface area contributed by atoms with Crippen LogP contribution in [0.25, 0.3) is 17.0 Å². The Balaban J connectivity index is 1.91. The summed E-state index contributed by atoms with van der Waals surface area (Å²) in [4.78, 5) is 26.3. The molecular weight excluding hydrogens is 336 g/mol. The molecule has 1 saturated heterocycles. The molecule has 1 aromatic heterocycles. The van der Waals surface area contributed by atoms with Crippen molar-refractivity contribution in [3.05, 3.63) is 40.9 Å². The molecule has 0 aliphatic carbocycles. The summed E-state index contributed by atoms with van der Waals surface area (Å²) < 4.78 is 6.94. The van der Waals surface area contributed by atoms with Crippen molar-refractivity contribution >= 4 is 39.9 Å². The topological polar surface area (TPSA) is 51.5 Å². The van der Waals surface area contributed by atoms with Crippen LogP contribution in [-0.4, -0.2) is 40.9 Å². The smallest absolute Gasteiger partial charge is 0.293 e. The highest BCUT2D eigenvalue weighted by atomic mass is 32.2. The Morgan fingerprint density at radius 3 is 2.88 bits per heavy atom. The number of imide groups is 1. The lowest BCUT2D eigenvalue weighted by molar-refractivity contribution is -0.122. The van der Waals surface area contributed by atoms with Gasteiger partial charge in [-0.3, -0.25) is 14.5 Å². The zero-order chi connectivity index (χ0) is 17.8. The minimum Gasteiger partial charge on any atom is -0.385 e. The average Bonchev–Trinajstić information content (AvgIpc) is 3.08. The molecule has 0 unspecified atom stereocenters. The maximum Gasteiger partial charge on any atom is 0.293 e. The van der Waals surface area contributed by atoms with E-state index in [1.807, 2.05) is 35.0 Å². The van der Waals surface area contributed by atoms with Gasteiger partial charge in [0.15, 0.2) is 0 Å². The van der Waals surface area contributed by atoms with Gasteiger partial charge in [0.05, 0.1) is 11.4 Å². The number of nitrogens with zero attached hydrogens (tertiary/aromatic N) is 2. The number of amides is 2. The third-order valence-corrected chi connectivity index (χ3v) is 4.88. The molecule has 2 heterocycles. The number of ether oxygens (including phenoxy) is 1. The van der Waals surface area contributed by atoms with Crippen LogP contribution in [0.3, 0.4) is 0 Å². The third-order valence-electron chi connectivity index (χ3n) is 3.97. The molecule has 0 radical (unpaired) electrons. The van der Waals surface area contributed by atoms with Crippen LogP contribution in [0.4, 0.5) is 4.79 Å². The molecule has 0 saturated carbocycles. The fourth-order valence-electron chi connectivity index (χ4n) is 2.82. The molecule has 25 heavy (non-hydrogen) atoms. The van der Waals surface area contributed by atoms with Crippen molar-refractivity contribution in [2.24, 2.45) is 0 Å². The van der Waals surface area contributed by atoms with Gasteiger partial charge in [-0.05, 0) is 30.3 Å². The van der Waals surface area contributed by atoms with Gasteiger partial charge in [-0.25, -0.2) is 0 Å². The van der Waals surface area contributed by atoms with E-state index in [9.17, 15) is 9.59 Å². The van der Waals surface area contributed by atoms with Gasteiger partial charge < -0.3 is 9.30 Å². The van der Waals surface area contributed by atoms with Gasteiger partial charge in [-0.15, -0.1) is 6.42 Å². The summed E-state index contributed by atoms with van der Waals surface area (Å²) in [5, 5.41) is 0.767. The first-order valence-corrected chi connectivity index (χ1v) is 8.73. The third kappa shape index (κ3) is 3.48. The van der Waals surface area contributed by atoms with Gasteiger partial charge in [0.1, 0.15) is 0 Å². The molecule has 3 rings (SSSR count). The van der Waals surface area contributed by atoms with E-state index in [1.165, 1.54) is 4.90 Å². The minimum absolute atomic E-state index is 0.236. The zero-order valence-electron chi connectivity index (χ0n) is 13.9. The van der Waals surface area contributed by atoms with Crippen LogP contribution in [0.2, 0.25) is 0 Å². The summed E-state index contributed by atoms with van der Waals surface area (Å²) in [7, 11) is 1.60. The number of carbonyl (C=O) groups excluding carboxylic acids is 2. The molecule has 0 spiro atoms. The Bertz CT molecular complexity index is 892.